The minimum Gasteiger partial charge on any atom is -0.396 e. The third-order valence-corrected chi connectivity index (χ3v) is 3.08. The number of aliphatic hydroxyl groups is 1. The van der Waals surface area contributed by atoms with Crippen molar-refractivity contribution >= 4 is 17.8 Å². The highest BCUT2D eigenvalue weighted by atomic mass is 16.3. The van der Waals surface area contributed by atoms with Gasteiger partial charge in [0.15, 0.2) is 0 Å². The van der Waals surface area contributed by atoms with Crippen molar-refractivity contribution in [2.75, 3.05) is 35.3 Å². The zero-order valence-electron chi connectivity index (χ0n) is 11.1. The molecule has 0 aliphatic carbocycles. The minimum atomic E-state index is 0.0875. The second-order valence-corrected chi connectivity index (χ2v) is 4.68. The molecule has 19 heavy (non-hydrogen) atoms. The standard InChI is InChI=1S/C11H21N7O/c1-8(4-7-19)13-9-14-10(17-12)16-11(15-9)18-5-2-3-6-18/h8,19H,2-7,12H2,1H3,(H2,13,14,15,16,17). The van der Waals surface area contributed by atoms with Gasteiger partial charge in [0.25, 0.3) is 0 Å². The first-order valence-corrected chi connectivity index (χ1v) is 6.58. The first-order chi connectivity index (χ1) is 9.22. The smallest absolute Gasteiger partial charge is 0.243 e. The van der Waals surface area contributed by atoms with Gasteiger partial charge < -0.3 is 15.3 Å². The fourth-order valence-electron chi connectivity index (χ4n) is 2.04. The SMILES string of the molecule is CC(CCO)Nc1nc(NN)nc(N2CCCC2)n1. The number of nitrogens with one attached hydrogen (secondary N) is 2. The van der Waals surface area contributed by atoms with Crippen molar-refractivity contribution in [3.8, 4) is 0 Å². The van der Waals surface area contributed by atoms with Gasteiger partial charge in [-0.1, -0.05) is 0 Å². The van der Waals surface area contributed by atoms with Crippen molar-refractivity contribution in [2.45, 2.75) is 32.2 Å². The zero-order valence-corrected chi connectivity index (χ0v) is 11.1. The summed E-state index contributed by atoms with van der Waals surface area (Å²) in [6.45, 7) is 4.00. The summed E-state index contributed by atoms with van der Waals surface area (Å²) in [5.41, 5.74) is 2.46. The van der Waals surface area contributed by atoms with Crippen LogP contribution in [0.25, 0.3) is 0 Å². The maximum atomic E-state index is 8.91. The number of anilines is 3. The quantitative estimate of drug-likeness (QED) is 0.419. The third-order valence-electron chi connectivity index (χ3n) is 3.08. The second-order valence-electron chi connectivity index (χ2n) is 4.68. The Hall–Kier alpha value is -1.67. The number of hydrogen-bond acceptors (Lipinski definition) is 8. The van der Waals surface area contributed by atoms with Crippen LogP contribution in [0.5, 0.6) is 0 Å². The van der Waals surface area contributed by atoms with Crippen molar-refractivity contribution in [1.82, 2.24) is 15.0 Å². The summed E-state index contributed by atoms with van der Waals surface area (Å²) in [6, 6.07) is 0.0875. The molecule has 1 atom stereocenters. The lowest BCUT2D eigenvalue weighted by molar-refractivity contribution is 0.282. The van der Waals surface area contributed by atoms with Gasteiger partial charge in [-0.3, -0.25) is 5.43 Å². The molecule has 0 radical (unpaired) electrons. The largest absolute Gasteiger partial charge is 0.396 e. The number of aromatic nitrogens is 3. The molecular weight excluding hydrogens is 246 g/mol. The molecule has 0 amide bonds. The molecular formula is C11H21N7O. The van der Waals surface area contributed by atoms with E-state index in [2.05, 4.69) is 30.6 Å². The normalized spacial score (nSPS) is 16.5. The second kappa shape index (κ2) is 6.48. The average Bonchev–Trinajstić information content (AvgIpc) is 2.92. The zero-order chi connectivity index (χ0) is 13.7. The molecule has 1 fully saturated rings. The molecule has 0 spiro atoms. The number of nitrogens with zero attached hydrogens (tertiary/aromatic N) is 4. The van der Waals surface area contributed by atoms with Crippen LogP contribution in [0.3, 0.4) is 0 Å². The highest BCUT2D eigenvalue weighted by Crippen LogP contribution is 2.18. The highest BCUT2D eigenvalue weighted by molar-refractivity contribution is 5.44. The lowest BCUT2D eigenvalue weighted by Gasteiger charge is -2.18. The number of aliphatic hydroxyl groups excluding tert-OH is 1. The molecule has 1 aliphatic rings. The van der Waals surface area contributed by atoms with Crippen LogP contribution in [0, 0.1) is 0 Å². The maximum absolute atomic E-state index is 8.91. The van der Waals surface area contributed by atoms with E-state index in [-0.39, 0.29) is 12.6 Å². The monoisotopic (exact) mass is 267 g/mol. The molecule has 1 aromatic heterocycles. The van der Waals surface area contributed by atoms with Gasteiger partial charge in [-0.2, -0.15) is 15.0 Å². The van der Waals surface area contributed by atoms with E-state index in [9.17, 15) is 0 Å². The molecule has 5 N–H and O–H groups in total. The van der Waals surface area contributed by atoms with E-state index < -0.39 is 0 Å². The molecule has 8 heteroatoms. The molecule has 0 aromatic carbocycles. The Morgan fingerprint density at radius 2 is 1.95 bits per heavy atom. The minimum absolute atomic E-state index is 0.0875. The molecule has 1 saturated heterocycles. The fourth-order valence-corrected chi connectivity index (χ4v) is 2.04. The summed E-state index contributed by atoms with van der Waals surface area (Å²) in [5, 5.41) is 12.0. The molecule has 1 unspecified atom stereocenters. The number of hydrazine groups is 1. The van der Waals surface area contributed by atoms with E-state index in [0.717, 1.165) is 25.9 Å². The maximum Gasteiger partial charge on any atom is 0.243 e. The molecule has 8 nitrogen and oxygen atoms in total. The molecule has 106 valence electrons. The van der Waals surface area contributed by atoms with Gasteiger partial charge in [0.2, 0.25) is 17.8 Å². The van der Waals surface area contributed by atoms with Gasteiger partial charge in [-0.25, -0.2) is 5.84 Å². The number of hydrogen-bond donors (Lipinski definition) is 4. The van der Waals surface area contributed by atoms with Crippen LogP contribution in [0.15, 0.2) is 0 Å². The number of nitrogen functional groups attached to an aromatic ring is 1. The Morgan fingerprint density at radius 1 is 1.26 bits per heavy atom. The van der Waals surface area contributed by atoms with E-state index in [1.54, 1.807) is 0 Å². The Labute approximate surface area is 112 Å². The van der Waals surface area contributed by atoms with Crippen LogP contribution in [-0.4, -0.2) is 45.8 Å². The van der Waals surface area contributed by atoms with Crippen LogP contribution in [0.1, 0.15) is 26.2 Å². The lowest BCUT2D eigenvalue weighted by Crippen LogP contribution is -2.25. The average molecular weight is 267 g/mol. The Kier molecular flexibility index (Phi) is 4.69. The summed E-state index contributed by atoms with van der Waals surface area (Å²) in [4.78, 5) is 14.9. The van der Waals surface area contributed by atoms with E-state index in [1.165, 1.54) is 0 Å². The Bertz CT molecular complexity index is 408. The topological polar surface area (TPSA) is 112 Å². The number of rotatable bonds is 6. The number of nitrogens with two attached hydrogens (primary N) is 1. The van der Waals surface area contributed by atoms with Gasteiger partial charge >= 0.3 is 0 Å². The van der Waals surface area contributed by atoms with E-state index in [0.29, 0.717) is 24.3 Å². The summed E-state index contributed by atoms with van der Waals surface area (Å²) >= 11 is 0. The predicted octanol–water partition coefficient (Wildman–Crippen LogP) is -0.0598. The van der Waals surface area contributed by atoms with Crippen molar-refractivity contribution in [2.24, 2.45) is 5.84 Å². The summed E-state index contributed by atoms with van der Waals surface area (Å²) in [7, 11) is 0. The van der Waals surface area contributed by atoms with Crippen LogP contribution in [0.4, 0.5) is 17.8 Å². The predicted molar refractivity (Wildman–Crippen MR) is 73.9 cm³/mol. The molecule has 2 heterocycles. The molecule has 1 aromatic rings. The van der Waals surface area contributed by atoms with Gasteiger partial charge in [0, 0.05) is 25.7 Å². The Morgan fingerprint density at radius 3 is 2.58 bits per heavy atom. The molecule has 0 saturated carbocycles. The fraction of sp³-hybridized carbons (Fsp3) is 0.727. The van der Waals surface area contributed by atoms with Gasteiger partial charge in [0.1, 0.15) is 0 Å². The summed E-state index contributed by atoms with van der Waals surface area (Å²) < 4.78 is 0. The van der Waals surface area contributed by atoms with Crippen molar-refractivity contribution in [3.05, 3.63) is 0 Å². The van der Waals surface area contributed by atoms with E-state index >= 15 is 0 Å². The van der Waals surface area contributed by atoms with Crippen LogP contribution >= 0.6 is 0 Å². The first-order valence-electron chi connectivity index (χ1n) is 6.58. The van der Waals surface area contributed by atoms with Gasteiger partial charge in [-0.15, -0.1) is 0 Å². The summed E-state index contributed by atoms with van der Waals surface area (Å²) in [5.74, 6) is 6.85. The summed E-state index contributed by atoms with van der Waals surface area (Å²) in [6.07, 6.45) is 2.94. The van der Waals surface area contributed by atoms with E-state index in [4.69, 9.17) is 10.9 Å². The lowest BCUT2D eigenvalue weighted by atomic mass is 10.2. The van der Waals surface area contributed by atoms with Crippen molar-refractivity contribution in [3.63, 3.8) is 0 Å². The van der Waals surface area contributed by atoms with Gasteiger partial charge in [-0.05, 0) is 26.2 Å². The molecule has 0 bridgehead atoms. The van der Waals surface area contributed by atoms with Crippen LogP contribution in [-0.2, 0) is 0 Å². The van der Waals surface area contributed by atoms with Gasteiger partial charge in [0.05, 0.1) is 0 Å². The highest BCUT2D eigenvalue weighted by Gasteiger charge is 2.17. The molecule has 2 rings (SSSR count). The van der Waals surface area contributed by atoms with Crippen LogP contribution in [0.2, 0.25) is 0 Å². The van der Waals surface area contributed by atoms with E-state index in [1.807, 2.05) is 6.92 Å². The van der Waals surface area contributed by atoms with Crippen LogP contribution < -0.4 is 21.5 Å². The molecule has 1 aliphatic heterocycles. The van der Waals surface area contributed by atoms with Crippen molar-refractivity contribution in [1.29, 1.82) is 0 Å². The third kappa shape index (κ3) is 3.65. The first kappa shape index (κ1) is 13.8. The Balaban J connectivity index is 2.15. The van der Waals surface area contributed by atoms with Crippen molar-refractivity contribution < 1.29 is 5.11 Å².